The van der Waals surface area contributed by atoms with Crippen LogP contribution in [-0.4, -0.2) is 22.8 Å². The Labute approximate surface area is 564 Å². The summed E-state index contributed by atoms with van der Waals surface area (Å²) in [5.74, 6) is 0. The van der Waals surface area contributed by atoms with E-state index in [1.54, 1.807) is 18.2 Å². The Morgan fingerprint density at radius 1 is 0.293 bits per heavy atom. The smallest absolute Gasteiger partial charge is 0.315 e. The van der Waals surface area contributed by atoms with Gasteiger partial charge in [0.1, 0.15) is 0 Å². The van der Waals surface area contributed by atoms with Crippen LogP contribution in [0.25, 0.3) is 165 Å². The topological polar surface area (TPSA) is 51.7 Å². The van der Waals surface area contributed by atoms with Crippen LogP contribution in [0.3, 0.4) is 0 Å². The molecule has 21 rings (SSSR count). The predicted molar refractivity (Wildman–Crippen MR) is 399 cm³/mol. The number of halogens is 3. The largest absolute Gasteiger partial charge is 0.417 e. The van der Waals surface area contributed by atoms with Crippen LogP contribution >= 0.6 is 0 Å². The maximum atomic E-state index is 16.8. The van der Waals surface area contributed by atoms with Gasteiger partial charge in [0.25, 0.3) is 0 Å². The van der Waals surface area contributed by atoms with Gasteiger partial charge in [-0.05, 0) is 156 Å². The SMILES string of the molecule is N#Cc1cc2c(c(-n3c4ccc(-n5c6ccccc6c6ccccc65)cc4c4cc(-n5c6ccccc6c6ccccc65)ccc43)c1)-c1c(cccc1C(F)(F)F)C1=CN2c2ccc(-n3c4ccccc4c4ccccc43)cc2-c2cc(-n3c4ccccc4c4ccccc43)ccc2C1. The molecule has 10 heteroatoms. The predicted octanol–water partition coefficient (Wildman–Crippen LogP) is 23.4. The van der Waals surface area contributed by atoms with Crippen molar-refractivity contribution in [2.75, 3.05) is 4.90 Å². The van der Waals surface area contributed by atoms with E-state index in [0.29, 0.717) is 28.1 Å². The van der Waals surface area contributed by atoms with Gasteiger partial charge >= 0.3 is 6.18 Å². The maximum absolute atomic E-state index is 16.8. The number of alkyl halides is 3. The second-order valence-electron chi connectivity index (χ2n) is 26.2. The number of nitriles is 1. The van der Waals surface area contributed by atoms with Crippen molar-refractivity contribution in [3.63, 3.8) is 0 Å². The molecule has 99 heavy (non-hydrogen) atoms. The molecule has 14 aromatic carbocycles. The summed E-state index contributed by atoms with van der Waals surface area (Å²) < 4.78 is 61.8. The van der Waals surface area contributed by atoms with Gasteiger partial charge in [0.15, 0.2) is 0 Å². The first-order chi connectivity index (χ1) is 48.7. The zero-order chi connectivity index (χ0) is 65.5. The van der Waals surface area contributed by atoms with E-state index in [4.69, 9.17) is 0 Å². The number of para-hydroxylation sites is 8. The Hall–Kier alpha value is -13.1. The molecule has 2 aliphatic heterocycles. The molecule has 0 atom stereocenters. The number of hydrogen-bond donors (Lipinski definition) is 0. The first-order valence-corrected chi connectivity index (χ1v) is 33.3. The first-order valence-electron chi connectivity index (χ1n) is 33.3. The highest BCUT2D eigenvalue weighted by Crippen LogP contribution is 2.56. The normalized spacial score (nSPS) is 13.0. The van der Waals surface area contributed by atoms with Crippen LogP contribution in [0.1, 0.15) is 22.3 Å². The molecular formula is C89H52F3N7. The van der Waals surface area contributed by atoms with Gasteiger partial charge in [0.05, 0.1) is 89.4 Å². The van der Waals surface area contributed by atoms with Crippen molar-refractivity contribution >= 4 is 126 Å². The fraction of sp³-hybridized carbons (Fsp3) is 0.0225. The van der Waals surface area contributed by atoms with E-state index < -0.39 is 11.7 Å². The van der Waals surface area contributed by atoms with Crippen LogP contribution in [0, 0.1) is 11.3 Å². The minimum Gasteiger partial charge on any atom is -0.315 e. The second-order valence-corrected chi connectivity index (χ2v) is 26.2. The third-order valence-corrected chi connectivity index (χ3v) is 21.1. The van der Waals surface area contributed by atoms with Crippen molar-refractivity contribution in [3.8, 4) is 56.8 Å². The zero-order valence-electron chi connectivity index (χ0n) is 52.8. The van der Waals surface area contributed by atoms with Crippen LogP contribution in [0.4, 0.5) is 24.5 Å². The van der Waals surface area contributed by atoms with Crippen molar-refractivity contribution in [3.05, 3.63) is 326 Å². The van der Waals surface area contributed by atoms with Crippen LogP contribution in [-0.2, 0) is 12.6 Å². The van der Waals surface area contributed by atoms with E-state index in [9.17, 15) is 5.26 Å². The van der Waals surface area contributed by atoms with E-state index in [0.717, 1.165) is 154 Å². The van der Waals surface area contributed by atoms with Crippen LogP contribution in [0.5, 0.6) is 0 Å². The molecule has 0 saturated heterocycles. The second kappa shape index (κ2) is 20.5. The van der Waals surface area contributed by atoms with Gasteiger partial charge in [0.2, 0.25) is 0 Å². The number of nitrogens with zero attached hydrogens (tertiary/aromatic N) is 7. The monoisotopic (exact) mass is 1280 g/mol. The Kier molecular flexibility index (Phi) is 11.4. The Balaban J connectivity index is 0.874. The Morgan fingerprint density at radius 3 is 1.07 bits per heavy atom. The summed E-state index contributed by atoms with van der Waals surface area (Å²) in [7, 11) is 0. The quantitative estimate of drug-likeness (QED) is 0.172. The summed E-state index contributed by atoms with van der Waals surface area (Å²) in [5, 5.41) is 22.4. The molecule has 464 valence electrons. The lowest BCUT2D eigenvalue weighted by molar-refractivity contribution is -0.137. The molecule has 2 aliphatic rings. The lowest BCUT2D eigenvalue weighted by atomic mass is 9.85. The van der Waals surface area contributed by atoms with E-state index in [1.165, 1.54) is 6.07 Å². The number of rotatable bonds is 5. The molecule has 0 amide bonds. The molecule has 5 aromatic heterocycles. The molecular weight excluding hydrogens is 1220 g/mol. The molecule has 0 spiro atoms. The van der Waals surface area contributed by atoms with Crippen LogP contribution < -0.4 is 4.90 Å². The number of hydrogen-bond acceptors (Lipinski definition) is 2. The summed E-state index contributed by atoms with van der Waals surface area (Å²) in [6, 6.07) is 105. The number of fused-ring (bicyclic) bond motifs is 25. The van der Waals surface area contributed by atoms with Gasteiger partial charge in [-0.25, -0.2) is 0 Å². The Bertz CT molecular complexity index is 6470. The molecule has 0 N–H and O–H groups in total. The summed E-state index contributed by atoms with van der Waals surface area (Å²) in [5.41, 5.74) is 19.0. The molecule has 7 heterocycles. The molecule has 0 radical (unpaired) electrons. The van der Waals surface area contributed by atoms with E-state index in [-0.39, 0.29) is 17.5 Å². The number of aromatic nitrogens is 5. The van der Waals surface area contributed by atoms with Crippen molar-refractivity contribution < 1.29 is 13.2 Å². The molecule has 2 bridgehead atoms. The molecule has 0 unspecified atom stereocenters. The number of benzene rings is 14. The average Bonchev–Trinajstić information content (AvgIpc) is 1.59. The van der Waals surface area contributed by atoms with Crippen molar-refractivity contribution in [2.45, 2.75) is 12.6 Å². The van der Waals surface area contributed by atoms with E-state index in [2.05, 4.69) is 301 Å². The van der Waals surface area contributed by atoms with Crippen LogP contribution in [0.2, 0.25) is 0 Å². The van der Waals surface area contributed by atoms with Gasteiger partial charge in [0, 0.05) is 106 Å². The number of allylic oxidation sites excluding steroid dienone is 1. The van der Waals surface area contributed by atoms with Gasteiger partial charge in [-0.2, -0.15) is 18.4 Å². The van der Waals surface area contributed by atoms with Crippen molar-refractivity contribution in [1.29, 1.82) is 5.26 Å². The zero-order valence-corrected chi connectivity index (χ0v) is 52.8. The first kappa shape index (κ1) is 55.2. The highest BCUT2D eigenvalue weighted by Gasteiger charge is 2.40. The van der Waals surface area contributed by atoms with Gasteiger partial charge < -0.3 is 27.7 Å². The highest BCUT2D eigenvalue weighted by molar-refractivity contribution is 6.17. The summed E-state index contributed by atoms with van der Waals surface area (Å²) in [6.45, 7) is 0. The Morgan fingerprint density at radius 2 is 0.657 bits per heavy atom. The van der Waals surface area contributed by atoms with Gasteiger partial charge in [-0.3, -0.25) is 0 Å². The summed E-state index contributed by atoms with van der Waals surface area (Å²) >= 11 is 0. The van der Waals surface area contributed by atoms with Crippen molar-refractivity contribution in [1.82, 2.24) is 22.8 Å². The fourth-order valence-electron chi connectivity index (χ4n) is 17.0. The third-order valence-electron chi connectivity index (χ3n) is 21.1. The fourth-order valence-corrected chi connectivity index (χ4v) is 17.0. The maximum Gasteiger partial charge on any atom is 0.417 e. The molecule has 19 aromatic rings. The van der Waals surface area contributed by atoms with E-state index >= 15 is 13.2 Å². The highest BCUT2D eigenvalue weighted by atomic mass is 19.4. The molecule has 0 aliphatic carbocycles. The lowest BCUT2D eigenvalue weighted by Crippen LogP contribution is -2.15. The lowest BCUT2D eigenvalue weighted by Gasteiger charge is -2.30. The molecule has 0 saturated carbocycles. The summed E-state index contributed by atoms with van der Waals surface area (Å²) in [4.78, 5) is 2.09. The van der Waals surface area contributed by atoms with Gasteiger partial charge in [-0.1, -0.05) is 164 Å². The van der Waals surface area contributed by atoms with Crippen LogP contribution in [0.15, 0.2) is 303 Å². The van der Waals surface area contributed by atoms with E-state index in [1.807, 2.05) is 12.3 Å². The minimum absolute atomic E-state index is 0.0424. The minimum atomic E-state index is -4.81. The molecule has 0 fully saturated rings. The number of anilines is 2. The third kappa shape index (κ3) is 7.83. The standard InChI is InChI=1S/C89H52F3N7/c90-89(91,92)73-27-17-26-60-55-46-54-36-37-56(95-75-28-9-1-18-61(75)62-19-2-10-29-76(62)95)47-69(54)70-48-57(96-77-30-11-3-20-63(77)64-21-4-12-31-78(64)96)38-41-74(70)94(52-55)85-44-53(51-93)45-86(88(85)87(60)73)99-83-42-39-58(97-79-32-13-5-22-65(79)66-23-6-14-33-80(66)97)49-71(83)72-50-59(40-43-84(72)99)98-81-34-15-7-24-67(81)68-25-8-16-35-82(68)98/h1-45,47-50,52H,46H2. The molecule has 7 nitrogen and oxygen atoms in total. The van der Waals surface area contributed by atoms with Crippen molar-refractivity contribution in [2.24, 2.45) is 0 Å². The summed E-state index contributed by atoms with van der Waals surface area (Å²) in [6.07, 6.45) is -2.50. The average molecular weight is 1280 g/mol. The van der Waals surface area contributed by atoms with Gasteiger partial charge in [-0.15, -0.1) is 0 Å².